The molecule has 0 radical (unpaired) electrons. The van der Waals surface area contributed by atoms with Gasteiger partial charge in [-0.15, -0.1) is 0 Å². The van der Waals surface area contributed by atoms with Crippen molar-refractivity contribution < 1.29 is 0 Å². The molecule has 1 atom stereocenters. The molecule has 1 fully saturated rings. The Hall–Kier alpha value is -1.61. The molecule has 100 valence electrons. The minimum absolute atomic E-state index is 0.177. The summed E-state index contributed by atoms with van der Waals surface area (Å²) in [7, 11) is 3.94. The van der Waals surface area contributed by atoms with Crippen LogP contribution >= 0.6 is 0 Å². The Kier molecular flexibility index (Phi) is 3.38. The van der Waals surface area contributed by atoms with E-state index in [2.05, 4.69) is 40.7 Å². The van der Waals surface area contributed by atoms with Gasteiger partial charge in [0.2, 0.25) is 0 Å². The van der Waals surface area contributed by atoms with Crippen LogP contribution in [0, 0.1) is 0 Å². The molecule has 1 aromatic carbocycles. The van der Waals surface area contributed by atoms with Gasteiger partial charge in [0.25, 0.3) is 0 Å². The van der Waals surface area contributed by atoms with Crippen LogP contribution in [0.1, 0.15) is 48.0 Å². The second-order valence-electron chi connectivity index (χ2n) is 5.43. The molecule has 3 heteroatoms. The summed E-state index contributed by atoms with van der Waals surface area (Å²) in [5, 5.41) is 7.85. The number of benzene rings is 1. The summed E-state index contributed by atoms with van der Waals surface area (Å²) in [4.78, 5) is 0. The van der Waals surface area contributed by atoms with Crippen molar-refractivity contribution in [3.63, 3.8) is 0 Å². The molecule has 19 heavy (non-hydrogen) atoms. The van der Waals surface area contributed by atoms with Gasteiger partial charge >= 0.3 is 0 Å². The van der Waals surface area contributed by atoms with Crippen molar-refractivity contribution in [2.45, 2.75) is 31.2 Å². The van der Waals surface area contributed by atoms with E-state index in [1.165, 1.54) is 30.4 Å². The molecule has 2 aromatic rings. The van der Waals surface area contributed by atoms with Gasteiger partial charge in [0.15, 0.2) is 0 Å². The normalized spacial score (nSPS) is 17.2. The molecular weight excluding hydrogens is 234 g/mol. The molecule has 1 aliphatic carbocycles. The molecule has 1 unspecified atom stereocenters. The molecule has 0 amide bonds. The second kappa shape index (κ2) is 5.17. The standard InChI is InChI=1S/C16H21N3/c1-17-16(15-10-11-19(2)18-15)14-8-6-13(7-9-14)12-4-3-5-12/h6-12,16-17H,3-5H2,1-2H3. The van der Waals surface area contributed by atoms with Crippen LogP contribution in [0.15, 0.2) is 36.5 Å². The number of rotatable bonds is 4. The fraction of sp³-hybridized carbons (Fsp3) is 0.438. The van der Waals surface area contributed by atoms with E-state index in [4.69, 9.17) is 0 Å². The van der Waals surface area contributed by atoms with Gasteiger partial charge in [0, 0.05) is 13.2 Å². The highest BCUT2D eigenvalue weighted by Crippen LogP contribution is 2.36. The van der Waals surface area contributed by atoms with Crippen molar-refractivity contribution in [1.29, 1.82) is 0 Å². The van der Waals surface area contributed by atoms with Gasteiger partial charge in [-0.3, -0.25) is 4.68 Å². The van der Waals surface area contributed by atoms with E-state index < -0.39 is 0 Å². The summed E-state index contributed by atoms with van der Waals surface area (Å²) in [5.74, 6) is 0.803. The number of hydrogen-bond acceptors (Lipinski definition) is 2. The van der Waals surface area contributed by atoms with Crippen LogP contribution in [0.4, 0.5) is 0 Å². The smallest absolute Gasteiger partial charge is 0.0839 e. The zero-order chi connectivity index (χ0) is 13.2. The van der Waals surface area contributed by atoms with Crippen LogP contribution in [0.3, 0.4) is 0 Å². The Labute approximate surface area is 114 Å². The quantitative estimate of drug-likeness (QED) is 0.910. The van der Waals surface area contributed by atoms with Gasteiger partial charge in [0.1, 0.15) is 0 Å². The first kappa shape index (κ1) is 12.4. The molecule has 0 bridgehead atoms. The first-order valence-electron chi connectivity index (χ1n) is 7.04. The number of hydrogen-bond donors (Lipinski definition) is 1. The number of aromatic nitrogens is 2. The number of nitrogens with zero attached hydrogens (tertiary/aromatic N) is 2. The average molecular weight is 255 g/mol. The van der Waals surface area contributed by atoms with Gasteiger partial charge < -0.3 is 5.32 Å². The summed E-state index contributed by atoms with van der Waals surface area (Å²) in [6.45, 7) is 0. The number of aryl methyl sites for hydroxylation is 1. The van der Waals surface area contributed by atoms with Crippen LogP contribution in [-0.4, -0.2) is 16.8 Å². The molecule has 1 aromatic heterocycles. The largest absolute Gasteiger partial charge is 0.308 e. The Balaban J connectivity index is 1.83. The Morgan fingerprint density at radius 2 is 1.95 bits per heavy atom. The zero-order valence-electron chi connectivity index (χ0n) is 11.6. The average Bonchev–Trinajstić information content (AvgIpc) is 2.77. The highest BCUT2D eigenvalue weighted by atomic mass is 15.3. The topological polar surface area (TPSA) is 29.9 Å². The predicted octanol–water partition coefficient (Wildman–Crippen LogP) is 3.00. The van der Waals surface area contributed by atoms with Gasteiger partial charge in [0.05, 0.1) is 11.7 Å². The lowest BCUT2D eigenvalue weighted by Crippen LogP contribution is -2.18. The fourth-order valence-corrected chi connectivity index (χ4v) is 2.77. The van der Waals surface area contributed by atoms with Crippen LogP contribution in [0.2, 0.25) is 0 Å². The zero-order valence-corrected chi connectivity index (χ0v) is 11.6. The van der Waals surface area contributed by atoms with Crippen LogP contribution in [0.5, 0.6) is 0 Å². The Bertz CT molecular complexity index is 537. The minimum atomic E-state index is 0.177. The molecule has 3 rings (SSSR count). The van der Waals surface area contributed by atoms with Gasteiger partial charge in [-0.25, -0.2) is 0 Å². The second-order valence-corrected chi connectivity index (χ2v) is 5.43. The van der Waals surface area contributed by atoms with E-state index in [-0.39, 0.29) is 6.04 Å². The maximum absolute atomic E-state index is 4.50. The number of nitrogens with one attached hydrogen (secondary N) is 1. The summed E-state index contributed by atoms with van der Waals surface area (Å²) >= 11 is 0. The van der Waals surface area contributed by atoms with Crippen LogP contribution in [0.25, 0.3) is 0 Å². The maximum Gasteiger partial charge on any atom is 0.0839 e. The molecule has 1 saturated carbocycles. The van der Waals surface area contributed by atoms with Crippen molar-refractivity contribution in [1.82, 2.24) is 15.1 Å². The highest BCUT2D eigenvalue weighted by molar-refractivity contribution is 5.32. The molecule has 0 spiro atoms. The third kappa shape index (κ3) is 2.43. The lowest BCUT2D eigenvalue weighted by molar-refractivity contribution is 0.419. The molecule has 0 aliphatic heterocycles. The Morgan fingerprint density at radius 1 is 1.21 bits per heavy atom. The minimum Gasteiger partial charge on any atom is -0.308 e. The first-order chi connectivity index (χ1) is 9.28. The highest BCUT2D eigenvalue weighted by Gasteiger charge is 2.20. The van der Waals surface area contributed by atoms with E-state index in [0.717, 1.165) is 11.6 Å². The monoisotopic (exact) mass is 255 g/mol. The first-order valence-corrected chi connectivity index (χ1v) is 7.04. The summed E-state index contributed by atoms with van der Waals surface area (Å²) in [6.07, 6.45) is 6.09. The van der Waals surface area contributed by atoms with E-state index in [0.29, 0.717) is 0 Å². The van der Waals surface area contributed by atoms with Crippen molar-refractivity contribution in [2.24, 2.45) is 7.05 Å². The maximum atomic E-state index is 4.50. The van der Waals surface area contributed by atoms with Gasteiger partial charge in [-0.2, -0.15) is 5.10 Å². The summed E-state index contributed by atoms with van der Waals surface area (Å²) in [6, 6.07) is 11.3. The predicted molar refractivity (Wildman–Crippen MR) is 77.1 cm³/mol. The van der Waals surface area contributed by atoms with E-state index >= 15 is 0 Å². The third-order valence-electron chi connectivity index (χ3n) is 4.17. The lowest BCUT2D eigenvalue weighted by atomic mass is 9.80. The van der Waals surface area contributed by atoms with Crippen LogP contribution < -0.4 is 5.32 Å². The molecular formula is C16H21N3. The fourth-order valence-electron chi connectivity index (χ4n) is 2.77. The lowest BCUT2D eigenvalue weighted by Gasteiger charge is -2.26. The van der Waals surface area contributed by atoms with Crippen molar-refractivity contribution in [3.8, 4) is 0 Å². The molecule has 3 nitrogen and oxygen atoms in total. The van der Waals surface area contributed by atoms with E-state index in [1.54, 1.807) is 0 Å². The molecule has 0 saturated heterocycles. The SMILES string of the molecule is CNC(c1ccc(C2CCC2)cc1)c1ccn(C)n1. The van der Waals surface area contributed by atoms with Crippen molar-refractivity contribution in [3.05, 3.63) is 53.3 Å². The van der Waals surface area contributed by atoms with Gasteiger partial charge in [-0.05, 0) is 43.0 Å². The molecule has 1 N–H and O–H groups in total. The Morgan fingerprint density at radius 3 is 2.42 bits per heavy atom. The molecule has 1 heterocycles. The van der Waals surface area contributed by atoms with Crippen molar-refractivity contribution in [2.75, 3.05) is 7.05 Å². The third-order valence-corrected chi connectivity index (χ3v) is 4.17. The van der Waals surface area contributed by atoms with Crippen molar-refractivity contribution >= 4 is 0 Å². The molecule has 1 aliphatic rings. The van der Waals surface area contributed by atoms with Crippen LogP contribution in [-0.2, 0) is 7.05 Å². The van der Waals surface area contributed by atoms with E-state index in [1.807, 2.05) is 25.0 Å². The van der Waals surface area contributed by atoms with Gasteiger partial charge in [-0.1, -0.05) is 30.7 Å². The summed E-state index contributed by atoms with van der Waals surface area (Å²) < 4.78 is 1.85. The van der Waals surface area contributed by atoms with E-state index in [9.17, 15) is 0 Å². The summed E-state index contributed by atoms with van der Waals surface area (Å²) in [5.41, 5.74) is 3.84.